The summed E-state index contributed by atoms with van der Waals surface area (Å²) in [5.41, 5.74) is 7.61. The van der Waals surface area contributed by atoms with Crippen molar-refractivity contribution in [2.45, 2.75) is 64.4 Å². The molecule has 1 amide bonds. The van der Waals surface area contributed by atoms with Gasteiger partial charge in [0.1, 0.15) is 11.4 Å². The van der Waals surface area contributed by atoms with Gasteiger partial charge in [0, 0.05) is 13.1 Å². The fraction of sp³-hybridized carbons (Fsp3) is 0.667. The standard InChI is InChI=1S/C21H32N2O3/c1-21(2,3)26-20(24)23-11-9-16(10-12-23)17-7-8-18(22)19(13-17)25-14-15-5-4-6-15/h7-8,13,15-16H,4-6,9-12,14,22H2,1-3H3. The largest absolute Gasteiger partial charge is 0.491 e. The number of hydrogen-bond donors (Lipinski definition) is 1. The van der Waals surface area contributed by atoms with Crippen molar-refractivity contribution in [3.63, 3.8) is 0 Å². The summed E-state index contributed by atoms with van der Waals surface area (Å²) in [6, 6.07) is 6.15. The Kier molecular flexibility index (Phi) is 5.64. The number of likely N-dealkylation sites (tertiary alicyclic amines) is 1. The number of ether oxygens (including phenoxy) is 2. The lowest BCUT2D eigenvalue weighted by Crippen LogP contribution is -2.41. The third kappa shape index (κ3) is 4.83. The molecule has 26 heavy (non-hydrogen) atoms. The van der Waals surface area contributed by atoms with Gasteiger partial charge in [-0.2, -0.15) is 0 Å². The van der Waals surface area contributed by atoms with Crippen LogP contribution in [-0.2, 0) is 4.74 Å². The second-order valence-electron chi connectivity index (χ2n) is 8.65. The molecule has 0 bridgehead atoms. The molecule has 1 saturated heterocycles. The number of carbonyl (C=O) groups excluding carboxylic acids is 1. The molecule has 5 heteroatoms. The topological polar surface area (TPSA) is 64.8 Å². The van der Waals surface area contributed by atoms with Crippen molar-refractivity contribution in [1.29, 1.82) is 0 Å². The van der Waals surface area contributed by atoms with Gasteiger partial charge in [-0.15, -0.1) is 0 Å². The first kappa shape index (κ1) is 18.9. The predicted octanol–water partition coefficient (Wildman–Crippen LogP) is 4.56. The number of nitrogen functional groups attached to an aromatic ring is 1. The Hall–Kier alpha value is -1.91. The molecule has 1 heterocycles. The zero-order chi connectivity index (χ0) is 18.7. The van der Waals surface area contributed by atoms with E-state index in [9.17, 15) is 4.79 Å². The Balaban J connectivity index is 1.56. The average Bonchev–Trinajstić information content (AvgIpc) is 2.53. The lowest BCUT2D eigenvalue weighted by atomic mass is 9.86. The van der Waals surface area contributed by atoms with Crippen LogP contribution in [0.2, 0.25) is 0 Å². The van der Waals surface area contributed by atoms with E-state index in [-0.39, 0.29) is 6.09 Å². The Morgan fingerprint density at radius 1 is 1.19 bits per heavy atom. The second-order valence-corrected chi connectivity index (χ2v) is 8.65. The maximum Gasteiger partial charge on any atom is 0.410 e. The van der Waals surface area contributed by atoms with Crippen LogP contribution in [0.1, 0.15) is 64.4 Å². The summed E-state index contributed by atoms with van der Waals surface area (Å²) in [6.07, 6.45) is 5.51. The molecule has 1 aliphatic heterocycles. The van der Waals surface area contributed by atoms with Crippen LogP contribution >= 0.6 is 0 Å². The van der Waals surface area contributed by atoms with Crippen molar-refractivity contribution in [2.75, 3.05) is 25.4 Å². The first-order valence-electron chi connectivity index (χ1n) is 9.82. The Labute approximate surface area is 156 Å². The first-order chi connectivity index (χ1) is 12.3. The van der Waals surface area contributed by atoms with Gasteiger partial charge in [-0.05, 0) is 76.0 Å². The van der Waals surface area contributed by atoms with E-state index in [4.69, 9.17) is 15.2 Å². The quantitative estimate of drug-likeness (QED) is 0.799. The molecule has 3 rings (SSSR count). The number of nitrogens with two attached hydrogens (primary N) is 1. The van der Waals surface area contributed by atoms with E-state index in [1.54, 1.807) is 0 Å². The van der Waals surface area contributed by atoms with Gasteiger partial charge in [-0.1, -0.05) is 12.5 Å². The summed E-state index contributed by atoms with van der Waals surface area (Å²) in [4.78, 5) is 14.0. The number of rotatable bonds is 4. The average molecular weight is 360 g/mol. The Morgan fingerprint density at radius 3 is 2.46 bits per heavy atom. The predicted molar refractivity (Wildman–Crippen MR) is 103 cm³/mol. The molecule has 5 nitrogen and oxygen atoms in total. The summed E-state index contributed by atoms with van der Waals surface area (Å²) in [6.45, 7) is 7.92. The van der Waals surface area contributed by atoms with Gasteiger partial charge in [-0.3, -0.25) is 0 Å². The highest BCUT2D eigenvalue weighted by atomic mass is 16.6. The smallest absolute Gasteiger partial charge is 0.410 e. The number of hydrogen-bond acceptors (Lipinski definition) is 4. The highest BCUT2D eigenvalue weighted by Gasteiger charge is 2.28. The highest BCUT2D eigenvalue weighted by Crippen LogP contribution is 2.34. The Morgan fingerprint density at radius 2 is 1.88 bits per heavy atom. The highest BCUT2D eigenvalue weighted by molar-refractivity contribution is 5.68. The van der Waals surface area contributed by atoms with Crippen molar-refractivity contribution in [3.05, 3.63) is 23.8 Å². The summed E-state index contributed by atoms with van der Waals surface area (Å²) in [5, 5.41) is 0. The third-order valence-corrected chi connectivity index (χ3v) is 5.35. The van der Waals surface area contributed by atoms with Gasteiger partial charge in [0.15, 0.2) is 0 Å². The zero-order valence-electron chi connectivity index (χ0n) is 16.3. The first-order valence-corrected chi connectivity index (χ1v) is 9.82. The van der Waals surface area contributed by atoms with E-state index in [2.05, 4.69) is 12.1 Å². The van der Waals surface area contributed by atoms with E-state index in [1.807, 2.05) is 31.7 Å². The molecule has 0 unspecified atom stereocenters. The molecule has 2 N–H and O–H groups in total. The van der Waals surface area contributed by atoms with Crippen LogP contribution in [0.15, 0.2) is 18.2 Å². The van der Waals surface area contributed by atoms with E-state index in [1.165, 1.54) is 24.8 Å². The van der Waals surface area contributed by atoms with Crippen LogP contribution < -0.4 is 10.5 Å². The summed E-state index contributed by atoms with van der Waals surface area (Å²) >= 11 is 0. The van der Waals surface area contributed by atoms with Crippen LogP contribution in [0.5, 0.6) is 5.75 Å². The molecule has 144 valence electrons. The van der Waals surface area contributed by atoms with E-state index >= 15 is 0 Å². The number of piperidine rings is 1. The monoisotopic (exact) mass is 360 g/mol. The maximum absolute atomic E-state index is 12.2. The van der Waals surface area contributed by atoms with Crippen LogP contribution in [-0.4, -0.2) is 36.3 Å². The molecule has 0 aromatic heterocycles. The van der Waals surface area contributed by atoms with Crippen molar-refractivity contribution >= 4 is 11.8 Å². The maximum atomic E-state index is 12.2. The number of carbonyl (C=O) groups is 1. The van der Waals surface area contributed by atoms with Gasteiger partial charge in [0.25, 0.3) is 0 Å². The molecular weight excluding hydrogens is 328 g/mol. The Bertz CT molecular complexity index is 627. The minimum Gasteiger partial charge on any atom is -0.491 e. The van der Waals surface area contributed by atoms with E-state index in [0.717, 1.165) is 38.3 Å². The van der Waals surface area contributed by atoms with Crippen LogP contribution in [0, 0.1) is 5.92 Å². The van der Waals surface area contributed by atoms with Crippen molar-refractivity contribution < 1.29 is 14.3 Å². The number of amides is 1. The molecule has 0 spiro atoms. The fourth-order valence-corrected chi connectivity index (χ4v) is 3.52. The molecule has 2 aliphatic rings. The molecule has 1 aromatic carbocycles. The van der Waals surface area contributed by atoms with E-state index < -0.39 is 5.60 Å². The lowest BCUT2D eigenvalue weighted by Gasteiger charge is -2.33. The molecule has 0 radical (unpaired) electrons. The zero-order valence-corrected chi connectivity index (χ0v) is 16.3. The molecule has 1 aromatic rings. The van der Waals surface area contributed by atoms with Crippen molar-refractivity contribution in [2.24, 2.45) is 5.92 Å². The van der Waals surface area contributed by atoms with E-state index in [0.29, 0.717) is 17.5 Å². The van der Waals surface area contributed by atoms with Crippen LogP contribution in [0.25, 0.3) is 0 Å². The number of anilines is 1. The summed E-state index contributed by atoms with van der Waals surface area (Å²) < 4.78 is 11.5. The molecule has 0 atom stereocenters. The SMILES string of the molecule is CC(C)(C)OC(=O)N1CCC(c2ccc(N)c(OCC3CCC3)c2)CC1. The van der Waals surface area contributed by atoms with Crippen LogP contribution in [0.3, 0.4) is 0 Å². The van der Waals surface area contributed by atoms with Crippen molar-refractivity contribution in [1.82, 2.24) is 4.90 Å². The summed E-state index contributed by atoms with van der Waals surface area (Å²) in [5.74, 6) is 1.93. The third-order valence-electron chi connectivity index (χ3n) is 5.35. The van der Waals surface area contributed by atoms with Crippen LogP contribution in [0.4, 0.5) is 10.5 Å². The normalized spacial score (nSPS) is 19.1. The van der Waals surface area contributed by atoms with Gasteiger partial charge < -0.3 is 20.1 Å². The molecular formula is C21H32N2O3. The second kappa shape index (κ2) is 7.77. The molecule has 1 saturated carbocycles. The lowest BCUT2D eigenvalue weighted by molar-refractivity contribution is 0.0205. The molecule has 1 aliphatic carbocycles. The van der Waals surface area contributed by atoms with Gasteiger partial charge in [0.05, 0.1) is 12.3 Å². The number of nitrogens with zero attached hydrogens (tertiary/aromatic N) is 1. The number of benzene rings is 1. The van der Waals surface area contributed by atoms with Gasteiger partial charge in [-0.25, -0.2) is 4.79 Å². The minimum atomic E-state index is -0.447. The van der Waals surface area contributed by atoms with Gasteiger partial charge in [0.2, 0.25) is 0 Å². The minimum absolute atomic E-state index is 0.210. The summed E-state index contributed by atoms with van der Waals surface area (Å²) in [7, 11) is 0. The fourth-order valence-electron chi connectivity index (χ4n) is 3.52. The molecule has 2 fully saturated rings. The van der Waals surface area contributed by atoms with Gasteiger partial charge >= 0.3 is 6.09 Å². The van der Waals surface area contributed by atoms with Crippen molar-refractivity contribution in [3.8, 4) is 5.75 Å².